The Morgan fingerprint density at radius 1 is 1.39 bits per heavy atom. The van der Waals surface area contributed by atoms with Gasteiger partial charge in [-0.05, 0) is 38.2 Å². The summed E-state index contributed by atoms with van der Waals surface area (Å²) < 4.78 is 2.13. The van der Waals surface area contributed by atoms with Gasteiger partial charge in [0.25, 0.3) is 0 Å². The van der Waals surface area contributed by atoms with Crippen molar-refractivity contribution < 1.29 is 0 Å². The van der Waals surface area contributed by atoms with Crippen molar-refractivity contribution in [1.29, 1.82) is 0 Å². The minimum Gasteiger partial charge on any atom is -0.308 e. The Bertz CT molecular complexity index is 339. The minimum absolute atomic E-state index is 0.635. The SMILES string of the molecule is CCCn1nccc1CNC(C)C1CCCCC1. The number of hydrogen-bond donors (Lipinski definition) is 1. The van der Waals surface area contributed by atoms with Crippen molar-refractivity contribution in [2.45, 2.75) is 71.5 Å². The molecule has 1 aromatic rings. The molecule has 0 aromatic carbocycles. The van der Waals surface area contributed by atoms with Crippen molar-refractivity contribution in [3.63, 3.8) is 0 Å². The summed E-state index contributed by atoms with van der Waals surface area (Å²) >= 11 is 0. The summed E-state index contributed by atoms with van der Waals surface area (Å²) in [5, 5.41) is 8.07. The first-order valence-corrected chi connectivity index (χ1v) is 7.55. The zero-order valence-electron chi connectivity index (χ0n) is 11.9. The molecule has 102 valence electrons. The maximum absolute atomic E-state index is 4.37. The van der Waals surface area contributed by atoms with Crippen LogP contribution in [0.3, 0.4) is 0 Å². The molecule has 1 heterocycles. The first kappa shape index (κ1) is 13.6. The fraction of sp³-hybridized carbons (Fsp3) is 0.800. The summed E-state index contributed by atoms with van der Waals surface area (Å²) in [4.78, 5) is 0. The Labute approximate surface area is 111 Å². The first-order chi connectivity index (χ1) is 8.81. The molecule has 0 amide bonds. The quantitative estimate of drug-likeness (QED) is 0.838. The zero-order chi connectivity index (χ0) is 12.8. The summed E-state index contributed by atoms with van der Waals surface area (Å²) in [5.41, 5.74) is 1.32. The highest BCUT2D eigenvalue weighted by Crippen LogP contribution is 2.26. The molecule has 0 radical (unpaired) electrons. The van der Waals surface area contributed by atoms with Crippen LogP contribution in [0.1, 0.15) is 58.1 Å². The third kappa shape index (κ3) is 3.58. The summed E-state index contributed by atoms with van der Waals surface area (Å²) in [5.74, 6) is 0.876. The molecule has 2 rings (SSSR count). The van der Waals surface area contributed by atoms with Gasteiger partial charge in [-0.3, -0.25) is 4.68 Å². The predicted molar refractivity (Wildman–Crippen MR) is 75.4 cm³/mol. The van der Waals surface area contributed by atoms with E-state index in [-0.39, 0.29) is 0 Å². The molecule has 1 atom stereocenters. The van der Waals surface area contributed by atoms with Crippen LogP contribution < -0.4 is 5.32 Å². The maximum atomic E-state index is 4.37. The van der Waals surface area contributed by atoms with Crippen LogP contribution in [0.4, 0.5) is 0 Å². The van der Waals surface area contributed by atoms with Gasteiger partial charge in [0, 0.05) is 25.3 Å². The van der Waals surface area contributed by atoms with Crippen LogP contribution in [0.2, 0.25) is 0 Å². The van der Waals surface area contributed by atoms with Gasteiger partial charge >= 0.3 is 0 Å². The molecule has 1 fully saturated rings. The smallest absolute Gasteiger partial charge is 0.0522 e. The highest BCUT2D eigenvalue weighted by atomic mass is 15.3. The number of nitrogens with one attached hydrogen (secondary N) is 1. The van der Waals surface area contributed by atoms with Crippen molar-refractivity contribution >= 4 is 0 Å². The van der Waals surface area contributed by atoms with E-state index in [0.717, 1.165) is 25.4 Å². The number of hydrogen-bond acceptors (Lipinski definition) is 2. The Balaban J connectivity index is 1.80. The van der Waals surface area contributed by atoms with Crippen molar-refractivity contribution in [2.24, 2.45) is 5.92 Å². The van der Waals surface area contributed by atoms with E-state index < -0.39 is 0 Å². The van der Waals surface area contributed by atoms with Crippen molar-refractivity contribution in [3.05, 3.63) is 18.0 Å². The fourth-order valence-electron chi connectivity index (χ4n) is 2.99. The Morgan fingerprint density at radius 2 is 2.17 bits per heavy atom. The van der Waals surface area contributed by atoms with Gasteiger partial charge in [0.2, 0.25) is 0 Å². The second kappa shape index (κ2) is 6.93. The van der Waals surface area contributed by atoms with E-state index >= 15 is 0 Å². The van der Waals surface area contributed by atoms with E-state index in [9.17, 15) is 0 Å². The summed E-state index contributed by atoms with van der Waals surface area (Å²) in [6, 6.07) is 2.77. The van der Waals surface area contributed by atoms with E-state index in [1.54, 1.807) is 0 Å². The van der Waals surface area contributed by atoms with Gasteiger partial charge < -0.3 is 5.32 Å². The van der Waals surface area contributed by atoms with Crippen molar-refractivity contribution in [1.82, 2.24) is 15.1 Å². The van der Waals surface area contributed by atoms with Crippen LogP contribution in [0.5, 0.6) is 0 Å². The first-order valence-electron chi connectivity index (χ1n) is 7.55. The average Bonchev–Trinajstić information content (AvgIpc) is 2.85. The molecule has 1 unspecified atom stereocenters. The monoisotopic (exact) mass is 249 g/mol. The highest BCUT2D eigenvalue weighted by molar-refractivity contribution is 5.00. The lowest BCUT2D eigenvalue weighted by atomic mass is 9.84. The Morgan fingerprint density at radius 3 is 2.89 bits per heavy atom. The molecule has 1 N–H and O–H groups in total. The molecule has 0 spiro atoms. The second-order valence-electron chi connectivity index (χ2n) is 5.61. The molecule has 0 saturated heterocycles. The highest BCUT2D eigenvalue weighted by Gasteiger charge is 2.19. The van der Waals surface area contributed by atoms with Crippen LogP contribution in [0.15, 0.2) is 12.3 Å². The van der Waals surface area contributed by atoms with Crippen LogP contribution >= 0.6 is 0 Å². The number of rotatable bonds is 6. The lowest BCUT2D eigenvalue weighted by molar-refractivity contribution is 0.279. The molecule has 1 aromatic heterocycles. The van der Waals surface area contributed by atoms with E-state index in [0.29, 0.717) is 6.04 Å². The topological polar surface area (TPSA) is 29.9 Å². The molecule has 3 heteroatoms. The Kier molecular flexibility index (Phi) is 5.24. The average molecular weight is 249 g/mol. The lowest BCUT2D eigenvalue weighted by Gasteiger charge is -2.28. The lowest BCUT2D eigenvalue weighted by Crippen LogP contribution is -2.34. The standard InChI is InChI=1S/C15H27N3/c1-3-11-18-15(9-10-17-18)12-16-13(2)14-7-5-4-6-8-14/h9-10,13-14,16H,3-8,11-12H2,1-2H3. The third-order valence-electron chi connectivity index (χ3n) is 4.20. The van der Waals surface area contributed by atoms with Crippen molar-refractivity contribution in [2.75, 3.05) is 0 Å². The predicted octanol–water partition coefficient (Wildman–Crippen LogP) is 3.35. The molecule has 1 saturated carbocycles. The van der Waals surface area contributed by atoms with E-state index in [1.807, 2.05) is 6.20 Å². The molecule has 0 bridgehead atoms. The van der Waals surface area contributed by atoms with E-state index in [1.165, 1.54) is 37.8 Å². The van der Waals surface area contributed by atoms with E-state index in [4.69, 9.17) is 0 Å². The minimum atomic E-state index is 0.635. The maximum Gasteiger partial charge on any atom is 0.0522 e. The number of nitrogens with zero attached hydrogens (tertiary/aromatic N) is 2. The van der Waals surface area contributed by atoms with Gasteiger partial charge in [0.1, 0.15) is 0 Å². The van der Waals surface area contributed by atoms with Crippen LogP contribution in [0, 0.1) is 5.92 Å². The normalized spacial score (nSPS) is 19.0. The molecule has 1 aliphatic rings. The van der Waals surface area contributed by atoms with Crippen LogP contribution in [0.25, 0.3) is 0 Å². The third-order valence-corrected chi connectivity index (χ3v) is 4.20. The van der Waals surface area contributed by atoms with Gasteiger partial charge in [-0.1, -0.05) is 26.2 Å². The molecular formula is C15H27N3. The van der Waals surface area contributed by atoms with Crippen LogP contribution in [-0.4, -0.2) is 15.8 Å². The van der Waals surface area contributed by atoms with Gasteiger partial charge in [-0.2, -0.15) is 5.10 Å². The molecular weight excluding hydrogens is 222 g/mol. The van der Waals surface area contributed by atoms with Gasteiger partial charge in [0.15, 0.2) is 0 Å². The van der Waals surface area contributed by atoms with Gasteiger partial charge in [-0.25, -0.2) is 0 Å². The van der Waals surface area contributed by atoms with Crippen LogP contribution in [-0.2, 0) is 13.1 Å². The molecule has 1 aliphatic carbocycles. The molecule has 3 nitrogen and oxygen atoms in total. The molecule has 18 heavy (non-hydrogen) atoms. The number of aryl methyl sites for hydroxylation is 1. The number of aromatic nitrogens is 2. The molecule has 0 aliphatic heterocycles. The van der Waals surface area contributed by atoms with Gasteiger partial charge in [-0.15, -0.1) is 0 Å². The second-order valence-corrected chi connectivity index (χ2v) is 5.61. The summed E-state index contributed by atoms with van der Waals surface area (Å²) in [6.07, 6.45) is 10.1. The van der Waals surface area contributed by atoms with E-state index in [2.05, 4.69) is 35.0 Å². The largest absolute Gasteiger partial charge is 0.308 e. The van der Waals surface area contributed by atoms with Crippen molar-refractivity contribution in [3.8, 4) is 0 Å². The fourth-order valence-corrected chi connectivity index (χ4v) is 2.99. The summed E-state index contributed by atoms with van der Waals surface area (Å²) in [7, 11) is 0. The zero-order valence-corrected chi connectivity index (χ0v) is 11.9. The Hall–Kier alpha value is -0.830. The summed E-state index contributed by atoms with van der Waals surface area (Å²) in [6.45, 7) is 6.53. The van der Waals surface area contributed by atoms with Gasteiger partial charge in [0.05, 0.1) is 5.69 Å².